The van der Waals surface area contributed by atoms with E-state index >= 15 is 0 Å². The molecule has 0 unspecified atom stereocenters. The summed E-state index contributed by atoms with van der Waals surface area (Å²) in [5.41, 5.74) is 0.874. The first-order valence-corrected chi connectivity index (χ1v) is 11.9. The maximum absolute atomic E-state index is 12.3. The molecule has 1 saturated carbocycles. The van der Waals surface area contributed by atoms with Gasteiger partial charge in [0.25, 0.3) is 0 Å². The Morgan fingerprint density at radius 3 is 2.66 bits per heavy atom. The smallest absolute Gasteiger partial charge is 0.223 e. The SMILES string of the molecule is CC(C)Sc1nc(N2CCCCC2)c2cnn(CCNC(=O)C3CCCC3)c2n1. The molecule has 1 amide bonds. The van der Waals surface area contributed by atoms with Crippen molar-refractivity contribution < 1.29 is 4.79 Å². The van der Waals surface area contributed by atoms with Gasteiger partial charge in [-0.3, -0.25) is 4.79 Å². The molecule has 4 rings (SSSR count). The van der Waals surface area contributed by atoms with E-state index in [0.717, 1.165) is 47.9 Å². The zero-order valence-electron chi connectivity index (χ0n) is 17.6. The molecule has 2 aliphatic rings. The van der Waals surface area contributed by atoms with Crippen LogP contribution in [0.2, 0.25) is 0 Å². The lowest BCUT2D eigenvalue weighted by molar-refractivity contribution is -0.124. The van der Waals surface area contributed by atoms with Crippen LogP contribution in [0.3, 0.4) is 0 Å². The van der Waals surface area contributed by atoms with Gasteiger partial charge in [-0.2, -0.15) is 5.10 Å². The largest absolute Gasteiger partial charge is 0.356 e. The Morgan fingerprint density at radius 2 is 1.93 bits per heavy atom. The Morgan fingerprint density at radius 1 is 1.17 bits per heavy atom. The Bertz CT molecular complexity index is 839. The predicted molar refractivity (Wildman–Crippen MR) is 117 cm³/mol. The van der Waals surface area contributed by atoms with Gasteiger partial charge in [0.2, 0.25) is 5.91 Å². The number of carbonyl (C=O) groups excluding carboxylic acids is 1. The zero-order chi connectivity index (χ0) is 20.2. The molecule has 29 heavy (non-hydrogen) atoms. The van der Waals surface area contributed by atoms with Gasteiger partial charge in [0.1, 0.15) is 5.82 Å². The van der Waals surface area contributed by atoms with Crippen LogP contribution in [0.1, 0.15) is 58.8 Å². The molecule has 1 aliphatic carbocycles. The third-order valence-corrected chi connectivity index (χ3v) is 6.67. The number of nitrogens with one attached hydrogen (secondary N) is 1. The Kier molecular flexibility index (Phi) is 6.57. The number of hydrogen-bond donors (Lipinski definition) is 1. The number of nitrogens with zero attached hydrogens (tertiary/aromatic N) is 5. The number of amides is 1. The summed E-state index contributed by atoms with van der Waals surface area (Å²) < 4.78 is 1.92. The zero-order valence-corrected chi connectivity index (χ0v) is 18.4. The molecule has 1 saturated heterocycles. The molecular formula is C21H32N6OS. The molecule has 0 aromatic carbocycles. The molecule has 0 atom stereocenters. The van der Waals surface area contributed by atoms with E-state index in [-0.39, 0.29) is 11.8 Å². The first kappa shape index (κ1) is 20.4. The molecule has 158 valence electrons. The van der Waals surface area contributed by atoms with E-state index in [1.807, 2.05) is 10.9 Å². The highest BCUT2D eigenvalue weighted by Gasteiger charge is 2.23. The van der Waals surface area contributed by atoms with Crippen molar-refractivity contribution in [1.82, 2.24) is 25.1 Å². The third-order valence-electron chi connectivity index (χ3n) is 5.80. The van der Waals surface area contributed by atoms with Crippen molar-refractivity contribution in [2.75, 3.05) is 24.5 Å². The molecule has 0 radical (unpaired) electrons. The summed E-state index contributed by atoms with van der Waals surface area (Å²) in [6.07, 6.45) is 10.00. The second-order valence-electron chi connectivity index (χ2n) is 8.42. The van der Waals surface area contributed by atoms with E-state index in [1.165, 1.54) is 32.1 Å². The van der Waals surface area contributed by atoms with Crippen molar-refractivity contribution >= 4 is 34.5 Å². The summed E-state index contributed by atoms with van der Waals surface area (Å²) in [6, 6.07) is 0. The number of carbonyl (C=O) groups is 1. The van der Waals surface area contributed by atoms with Crippen LogP contribution in [0.15, 0.2) is 11.4 Å². The maximum atomic E-state index is 12.3. The summed E-state index contributed by atoms with van der Waals surface area (Å²) in [6.45, 7) is 7.62. The Balaban J connectivity index is 1.53. The average molecular weight is 417 g/mol. The lowest BCUT2D eigenvalue weighted by atomic mass is 10.1. The number of hydrogen-bond acceptors (Lipinski definition) is 6. The van der Waals surface area contributed by atoms with E-state index in [2.05, 4.69) is 29.2 Å². The molecule has 2 aromatic heterocycles. The third kappa shape index (κ3) is 4.85. The van der Waals surface area contributed by atoms with Crippen LogP contribution in [0.25, 0.3) is 11.0 Å². The summed E-state index contributed by atoms with van der Waals surface area (Å²) in [7, 11) is 0. The second kappa shape index (κ2) is 9.32. The minimum absolute atomic E-state index is 0.193. The standard InChI is InChI=1S/C21H32N6OS/c1-15(2)29-21-24-18(26-11-6-3-7-12-26)17-14-23-27(19(17)25-21)13-10-22-20(28)16-8-4-5-9-16/h14-16H,3-13H2,1-2H3,(H,22,28). The fraction of sp³-hybridized carbons (Fsp3) is 0.714. The first-order chi connectivity index (χ1) is 14.1. The fourth-order valence-corrected chi connectivity index (χ4v) is 5.01. The minimum atomic E-state index is 0.193. The number of piperidine rings is 1. The molecule has 7 nitrogen and oxygen atoms in total. The quantitative estimate of drug-likeness (QED) is 0.549. The van der Waals surface area contributed by atoms with Crippen LogP contribution < -0.4 is 10.2 Å². The Labute approximate surface area is 177 Å². The summed E-state index contributed by atoms with van der Waals surface area (Å²) in [5, 5.41) is 9.93. The van der Waals surface area contributed by atoms with E-state index in [9.17, 15) is 4.79 Å². The molecular weight excluding hydrogens is 384 g/mol. The fourth-order valence-electron chi connectivity index (χ4n) is 4.31. The first-order valence-electron chi connectivity index (χ1n) is 11.0. The summed E-state index contributed by atoms with van der Waals surface area (Å²) >= 11 is 1.69. The van der Waals surface area contributed by atoms with Crippen LogP contribution in [0, 0.1) is 5.92 Å². The lowest BCUT2D eigenvalue weighted by Gasteiger charge is -2.28. The van der Waals surface area contributed by atoms with Crippen LogP contribution in [-0.2, 0) is 11.3 Å². The van der Waals surface area contributed by atoms with E-state index in [0.29, 0.717) is 18.3 Å². The van der Waals surface area contributed by atoms with Crippen molar-refractivity contribution in [2.45, 2.75) is 75.7 Å². The average Bonchev–Trinajstić information content (AvgIpc) is 3.38. The van der Waals surface area contributed by atoms with E-state index < -0.39 is 0 Å². The minimum Gasteiger partial charge on any atom is -0.356 e. The van der Waals surface area contributed by atoms with Crippen LogP contribution in [-0.4, -0.2) is 50.5 Å². The molecule has 2 fully saturated rings. The van der Waals surface area contributed by atoms with Crippen molar-refractivity contribution in [1.29, 1.82) is 0 Å². The van der Waals surface area contributed by atoms with Crippen molar-refractivity contribution in [3.8, 4) is 0 Å². The summed E-state index contributed by atoms with van der Waals surface area (Å²) in [4.78, 5) is 24.4. The van der Waals surface area contributed by atoms with Gasteiger partial charge in [-0.1, -0.05) is 38.5 Å². The number of aromatic nitrogens is 4. The highest BCUT2D eigenvalue weighted by Crippen LogP contribution is 2.30. The van der Waals surface area contributed by atoms with E-state index in [1.54, 1.807) is 11.8 Å². The number of anilines is 1. The van der Waals surface area contributed by atoms with Crippen molar-refractivity contribution in [3.63, 3.8) is 0 Å². The van der Waals surface area contributed by atoms with Gasteiger partial charge >= 0.3 is 0 Å². The maximum Gasteiger partial charge on any atom is 0.223 e. The highest BCUT2D eigenvalue weighted by atomic mass is 32.2. The number of rotatable bonds is 7. The monoisotopic (exact) mass is 416 g/mol. The van der Waals surface area contributed by atoms with Gasteiger partial charge in [0, 0.05) is 30.8 Å². The lowest BCUT2D eigenvalue weighted by Crippen LogP contribution is -2.32. The summed E-state index contributed by atoms with van der Waals surface area (Å²) in [5.74, 6) is 1.41. The van der Waals surface area contributed by atoms with Gasteiger partial charge in [0.05, 0.1) is 18.1 Å². The van der Waals surface area contributed by atoms with Gasteiger partial charge in [-0.25, -0.2) is 14.6 Å². The van der Waals surface area contributed by atoms with Crippen LogP contribution in [0.5, 0.6) is 0 Å². The normalized spacial score (nSPS) is 18.1. The van der Waals surface area contributed by atoms with Crippen molar-refractivity contribution in [3.05, 3.63) is 6.20 Å². The van der Waals surface area contributed by atoms with E-state index in [4.69, 9.17) is 9.97 Å². The van der Waals surface area contributed by atoms with Crippen LogP contribution in [0.4, 0.5) is 5.82 Å². The predicted octanol–water partition coefficient (Wildman–Crippen LogP) is 3.62. The molecule has 2 aromatic rings. The molecule has 8 heteroatoms. The number of fused-ring (bicyclic) bond motifs is 1. The van der Waals surface area contributed by atoms with Crippen molar-refractivity contribution in [2.24, 2.45) is 5.92 Å². The molecule has 1 aliphatic heterocycles. The highest BCUT2D eigenvalue weighted by molar-refractivity contribution is 7.99. The van der Waals surface area contributed by atoms with Gasteiger partial charge in [-0.05, 0) is 32.1 Å². The second-order valence-corrected chi connectivity index (χ2v) is 9.97. The number of thioether (sulfide) groups is 1. The molecule has 0 bridgehead atoms. The van der Waals surface area contributed by atoms with Crippen LogP contribution >= 0.6 is 11.8 Å². The molecule has 3 heterocycles. The van der Waals surface area contributed by atoms with Gasteiger partial charge in [-0.15, -0.1) is 0 Å². The molecule has 0 spiro atoms. The van der Waals surface area contributed by atoms with Gasteiger partial charge in [0.15, 0.2) is 10.8 Å². The topological polar surface area (TPSA) is 75.9 Å². The molecule has 1 N–H and O–H groups in total. The Hall–Kier alpha value is -1.83. The van der Waals surface area contributed by atoms with Gasteiger partial charge < -0.3 is 10.2 Å².